The van der Waals surface area contributed by atoms with E-state index in [1.165, 1.54) is 12.1 Å². The molecule has 1 fully saturated rings. The van der Waals surface area contributed by atoms with E-state index in [2.05, 4.69) is 10.3 Å². The van der Waals surface area contributed by atoms with E-state index in [-0.39, 0.29) is 23.0 Å². The highest BCUT2D eigenvalue weighted by atomic mass is 32.2. The molecular weight excluding hydrogens is 472 g/mol. The van der Waals surface area contributed by atoms with E-state index in [9.17, 15) is 24.5 Å². The zero-order valence-corrected chi connectivity index (χ0v) is 19.2. The van der Waals surface area contributed by atoms with E-state index in [0.29, 0.717) is 17.0 Å². The summed E-state index contributed by atoms with van der Waals surface area (Å²) >= 11 is 0.760. The van der Waals surface area contributed by atoms with Crippen molar-refractivity contribution in [3.05, 3.63) is 93.0 Å². The summed E-state index contributed by atoms with van der Waals surface area (Å²) < 4.78 is 5.56. The van der Waals surface area contributed by atoms with E-state index in [1.54, 1.807) is 48.5 Å². The minimum Gasteiger partial charge on any atom is -0.439 e. The predicted octanol–water partition coefficient (Wildman–Crippen LogP) is 4.77. The molecule has 176 valence electrons. The number of carbonyl (C=O) groups excluding carboxylic acids is 3. The quantitative estimate of drug-likeness (QED) is 0.285. The Hall–Kier alpha value is -4.51. The molecule has 0 aliphatic carbocycles. The number of nitrogens with zero attached hydrogens (tertiary/aromatic N) is 3. The number of rotatable bonds is 7. The maximum absolute atomic E-state index is 12.7. The van der Waals surface area contributed by atoms with Crippen molar-refractivity contribution in [1.82, 2.24) is 9.88 Å². The normalized spacial score (nSPS) is 14.3. The third-order valence-electron chi connectivity index (χ3n) is 4.81. The van der Waals surface area contributed by atoms with E-state index in [0.717, 1.165) is 28.4 Å². The van der Waals surface area contributed by atoms with Gasteiger partial charge in [0.25, 0.3) is 16.8 Å². The van der Waals surface area contributed by atoms with Crippen LogP contribution in [0.1, 0.15) is 11.1 Å². The highest BCUT2D eigenvalue weighted by Gasteiger charge is 2.36. The number of nitrogens with one attached hydrogen (secondary N) is 1. The number of pyridine rings is 1. The lowest BCUT2D eigenvalue weighted by Gasteiger charge is -2.12. The zero-order valence-electron chi connectivity index (χ0n) is 18.3. The van der Waals surface area contributed by atoms with Crippen molar-refractivity contribution < 1.29 is 24.0 Å². The molecule has 10 nitrogen and oxygen atoms in total. The van der Waals surface area contributed by atoms with E-state index in [1.807, 2.05) is 13.0 Å². The fourth-order valence-corrected chi connectivity index (χ4v) is 3.99. The molecule has 0 atom stereocenters. The minimum atomic E-state index is -0.552. The Kier molecular flexibility index (Phi) is 6.88. The smallest absolute Gasteiger partial charge is 0.294 e. The molecule has 1 N–H and O–H groups in total. The van der Waals surface area contributed by atoms with Crippen LogP contribution in [-0.4, -0.2) is 38.4 Å². The summed E-state index contributed by atoms with van der Waals surface area (Å²) in [6.45, 7) is 1.51. The molecule has 35 heavy (non-hydrogen) atoms. The van der Waals surface area contributed by atoms with Crippen molar-refractivity contribution in [1.29, 1.82) is 0 Å². The van der Waals surface area contributed by atoms with Crippen LogP contribution in [0.25, 0.3) is 6.08 Å². The van der Waals surface area contributed by atoms with Gasteiger partial charge in [0, 0.05) is 17.8 Å². The Labute approximate surface area is 203 Å². The Morgan fingerprint density at radius 3 is 2.60 bits per heavy atom. The molecule has 11 heteroatoms. The van der Waals surface area contributed by atoms with E-state index >= 15 is 0 Å². The summed E-state index contributed by atoms with van der Waals surface area (Å²) in [5, 5.41) is 12.9. The van der Waals surface area contributed by atoms with Crippen LogP contribution in [0, 0.1) is 17.0 Å². The second kappa shape index (κ2) is 10.2. The number of ether oxygens (including phenoxy) is 1. The largest absolute Gasteiger partial charge is 0.439 e. The highest BCUT2D eigenvalue weighted by Crippen LogP contribution is 2.32. The Morgan fingerprint density at radius 2 is 1.94 bits per heavy atom. The van der Waals surface area contributed by atoms with Gasteiger partial charge in [0.05, 0.1) is 9.83 Å². The Bertz CT molecular complexity index is 1340. The Morgan fingerprint density at radius 1 is 1.17 bits per heavy atom. The van der Waals surface area contributed by atoms with Gasteiger partial charge in [-0.15, -0.1) is 0 Å². The van der Waals surface area contributed by atoms with Crippen molar-refractivity contribution in [3.63, 3.8) is 0 Å². The Balaban J connectivity index is 1.38. The summed E-state index contributed by atoms with van der Waals surface area (Å²) in [6.07, 6.45) is 2.65. The van der Waals surface area contributed by atoms with Crippen LogP contribution in [0.4, 0.5) is 16.2 Å². The van der Waals surface area contributed by atoms with Gasteiger partial charge in [0.2, 0.25) is 11.8 Å². The van der Waals surface area contributed by atoms with Crippen molar-refractivity contribution in [3.8, 4) is 11.6 Å². The van der Waals surface area contributed by atoms with Crippen LogP contribution in [0.15, 0.2) is 71.8 Å². The molecule has 2 heterocycles. The van der Waals surface area contributed by atoms with Crippen molar-refractivity contribution >= 4 is 46.3 Å². The molecule has 1 saturated heterocycles. The lowest BCUT2D eigenvalue weighted by atomic mass is 10.2. The molecule has 1 aliphatic heterocycles. The molecule has 1 aromatic heterocycles. The van der Waals surface area contributed by atoms with Crippen LogP contribution in [-0.2, 0) is 9.59 Å². The van der Waals surface area contributed by atoms with Crippen LogP contribution in [0.2, 0.25) is 0 Å². The second-order valence-electron chi connectivity index (χ2n) is 7.47. The maximum atomic E-state index is 12.7. The van der Waals surface area contributed by atoms with Gasteiger partial charge in [-0.2, -0.15) is 0 Å². The maximum Gasteiger partial charge on any atom is 0.294 e. The monoisotopic (exact) mass is 490 g/mol. The van der Waals surface area contributed by atoms with Gasteiger partial charge < -0.3 is 10.1 Å². The number of aromatic nitrogens is 1. The number of amides is 3. The van der Waals surface area contributed by atoms with Crippen LogP contribution >= 0.6 is 11.8 Å². The van der Waals surface area contributed by atoms with Gasteiger partial charge >= 0.3 is 0 Å². The standard InChI is InChI=1S/C24H18N4O6S/c1-15-3-2-4-17(11-15)26-21(29)14-27-23(30)20(35-24(27)31)12-16-5-8-19(9-6-16)34-22-10-7-18(13-25-22)28(32)33/h2-13H,14H2,1H3,(H,26,29)/b20-12-. The molecule has 0 spiro atoms. The predicted molar refractivity (Wildman–Crippen MR) is 130 cm³/mol. The zero-order chi connectivity index (χ0) is 24.9. The number of hydrogen-bond acceptors (Lipinski definition) is 8. The average molecular weight is 490 g/mol. The van der Waals surface area contributed by atoms with Crippen molar-refractivity contribution in [2.45, 2.75) is 6.92 Å². The summed E-state index contributed by atoms with van der Waals surface area (Å²) in [7, 11) is 0. The number of imide groups is 1. The third-order valence-corrected chi connectivity index (χ3v) is 5.72. The lowest BCUT2D eigenvalue weighted by molar-refractivity contribution is -0.385. The molecule has 3 amide bonds. The first-order valence-electron chi connectivity index (χ1n) is 10.3. The lowest BCUT2D eigenvalue weighted by Crippen LogP contribution is -2.36. The number of hydrogen-bond donors (Lipinski definition) is 1. The van der Waals surface area contributed by atoms with Gasteiger partial charge in [0.1, 0.15) is 18.5 Å². The van der Waals surface area contributed by atoms with Crippen molar-refractivity contribution in [2.24, 2.45) is 0 Å². The molecule has 3 aromatic rings. The van der Waals surface area contributed by atoms with Gasteiger partial charge in [-0.1, -0.05) is 24.3 Å². The first-order valence-corrected chi connectivity index (χ1v) is 11.1. The minimum absolute atomic E-state index is 0.144. The molecule has 0 bridgehead atoms. The first kappa shape index (κ1) is 23.6. The summed E-state index contributed by atoms with van der Waals surface area (Å²) in [6, 6.07) is 16.5. The number of benzene rings is 2. The van der Waals surface area contributed by atoms with Crippen molar-refractivity contribution in [2.75, 3.05) is 11.9 Å². The first-order chi connectivity index (χ1) is 16.8. The number of anilines is 1. The average Bonchev–Trinajstić information content (AvgIpc) is 3.08. The molecular formula is C24H18N4O6S. The van der Waals surface area contributed by atoms with E-state index < -0.39 is 22.0 Å². The summed E-state index contributed by atoms with van der Waals surface area (Å²) in [4.78, 5) is 52.5. The summed E-state index contributed by atoms with van der Waals surface area (Å²) in [5.74, 6) is -0.395. The van der Waals surface area contributed by atoms with Gasteiger partial charge in [-0.3, -0.25) is 29.4 Å². The number of thioether (sulfide) groups is 1. The summed E-state index contributed by atoms with van der Waals surface area (Å²) in [5.41, 5.74) is 2.05. The molecule has 0 saturated carbocycles. The van der Waals surface area contributed by atoms with Gasteiger partial charge in [-0.05, 0) is 60.2 Å². The molecule has 1 aliphatic rings. The molecule has 0 unspecified atom stereocenters. The topological polar surface area (TPSA) is 132 Å². The van der Waals surface area contributed by atoms with Crippen LogP contribution < -0.4 is 10.1 Å². The third kappa shape index (κ3) is 5.89. The van der Waals surface area contributed by atoms with E-state index in [4.69, 9.17) is 4.74 Å². The molecule has 4 rings (SSSR count). The molecule has 0 radical (unpaired) electrons. The highest BCUT2D eigenvalue weighted by molar-refractivity contribution is 8.18. The van der Waals surface area contributed by atoms with Crippen LogP contribution in [0.5, 0.6) is 11.6 Å². The van der Waals surface area contributed by atoms with Gasteiger partial charge in [-0.25, -0.2) is 4.98 Å². The van der Waals surface area contributed by atoms with Crippen LogP contribution in [0.3, 0.4) is 0 Å². The second-order valence-corrected chi connectivity index (χ2v) is 8.46. The number of aryl methyl sites for hydroxylation is 1. The SMILES string of the molecule is Cc1cccc(NC(=O)CN2C(=O)S/C(=C\c3ccc(Oc4ccc([N+](=O)[O-])cn4)cc3)C2=O)c1. The number of nitro groups is 1. The number of carbonyl (C=O) groups is 3. The fourth-order valence-electron chi connectivity index (χ4n) is 3.15. The van der Waals surface area contributed by atoms with Gasteiger partial charge in [0.15, 0.2) is 0 Å². The fraction of sp³-hybridized carbons (Fsp3) is 0.0833. The molecule has 2 aromatic carbocycles.